The highest BCUT2D eigenvalue weighted by Crippen LogP contribution is 2.21. The van der Waals surface area contributed by atoms with E-state index >= 15 is 0 Å². The number of aromatic hydroxyl groups is 2. The van der Waals surface area contributed by atoms with Gasteiger partial charge in [0.05, 0.1) is 11.6 Å². The Bertz CT molecular complexity index is 473. The van der Waals surface area contributed by atoms with Crippen LogP contribution in [0, 0.1) is 0 Å². The van der Waals surface area contributed by atoms with Gasteiger partial charge < -0.3 is 25.6 Å². The molecule has 1 rings (SSSR count). The number of nitrogens with two attached hydrogens (primary N) is 1. The molecule has 0 radical (unpaired) electrons. The van der Waals surface area contributed by atoms with E-state index in [-0.39, 0.29) is 23.0 Å². The Labute approximate surface area is 122 Å². The standard InChI is InChI=1S/C13H18N2O4S/c1-19-5-4-15(3-2-12(14)20)13(18)9-6-10(16)8-11(17)7-9/h6-8,16-17H,2-5H2,1H3,(H2,14,20). The van der Waals surface area contributed by atoms with E-state index in [9.17, 15) is 15.0 Å². The molecule has 1 aromatic rings. The van der Waals surface area contributed by atoms with Crippen LogP contribution in [0.5, 0.6) is 11.5 Å². The SMILES string of the molecule is COCCN(CCC(N)=S)C(=O)c1cc(O)cc(O)c1. The Morgan fingerprint density at radius 3 is 2.40 bits per heavy atom. The Kier molecular flexibility index (Phi) is 6.20. The number of methoxy groups -OCH3 is 1. The van der Waals surface area contributed by atoms with E-state index in [0.717, 1.165) is 6.07 Å². The van der Waals surface area contributed by atoms with Gasteiger partial charge in [-0.2, -0.15) is 0 Å². The van der Waals surface area contributed by atoms with Gasteiger partial charge in [-0.25, -0.2) is 0 Å². The van der Waals surface area contributed by atoms with Gasteiger partial charge in [-0.3, -0.25) is 4.79 Å². The molecule has 110 valence electrons. The lowest BCUT2D eigenvalue weighted by Gasteiger charge is -2.22. The molecule has 1 amide bonds. The van der Waals surface area contributed by atoms with Crippen LogP contribution in [0.15, 0.2) is 18.2 Å². The number of phenolic OH excluding ortho intramolecular Hbond substituents is 2. The maximum Gasteiger partial charge on any atom is 0.254 e. The van der Waals surface area contributed by atoms with Crippen LogP contribution in [0.3, 0.4) is 0 Å². The summed E-state index contributed by atoms with van der Waals surface area (Å²) in [6, 6.07) is 3.75. The number of benzene rings is 1. The molecule has 0 saturated carbocycles. The summed E-state index contributed by atoms with van der Waals surface area (Å²) in [4.78, 5) is 14.2. The molecule has 0 aliphatic carbocycles. The summed E-state index contributed by atoms with van der Waals surface area (Å²) in [7, 11) is 1.54. The molecule has 0 unspecified atom stereocenters. The van der Waals surface area contributed by atoms with E-state index in [1.165, 1.54) is 24.1 Å². The molecule has 0 aliphatic rings. The second kappa shape index (κ2) is 7.66. The monoisotopic (exact) mass is 298 g/mol. The maximum atomic E-state index is 12.3. The molecule has 20 heavy (non-hydrogen) atoms. The second-order valence-corrected chi connectivity index (χ2v) is 4.76. The van der Waals surface area contributed by atoms with Crippen LogP contribution in [0.1, 0.15) is 16.8 Å². The molecular weight excluding hydrogens is 280 g/mol. The van der Waals surface area contributed by atoms with Gasteiger partial charge in [-0.15, -0.1) is 0 Å². The third kappa shape index (κ3) is 5.02. The fraction of sp³-hybridized carbons (Fsp3) is 0.385. The summed E-state index contributed by atoms with van der Waals surface area (Å²) < 4.78 is 4.96. The summed E-state index contributed by atoms with van der Waals surface area (Å²) in [5.41, 5.74) is 5.63. The number of rotatable bonds is 7. The van der Waals surface area contributed by atoms with E-state index in [1.807, 2.05) is 0 Å². The number of hydrogen-bond acceptors (Lipinski definition) is 5. The zero-order valence-electron chi connectivity index (χ0n) is 11.2. The first kappa shape index (κ1) is 16.2. The van der Waals surface area contributed by atoms with Gasteiger partial charge in [0.1, 0.15) is 11.5 Å². The number of phenols is 2. The predicted molar refractivity (Wildman–Crippen MR) is 79.0 cm³/mol. The zero-order valence-corrected chi connectivity index (χ0v) is 12.0. The van der Waals surface area contributed by atoms with Crippen molar-refractivity contribution in [1.82, 2.24) is 4.90 Å². The van der Waals surface area contributed by atoms with E-state index in [4.69, 9.17) is 22.7 Å². The van der Waals surface area contributed by atoms with Gasteiger partial charge in [-0.1, -0.05) is 12.2 Å². The average molecular weight is 298 g/mol. The van der Waals surface area contributed by atoms with E-state index in [1.54, 1.807) is 0 Å². The highest BCUT2D eigenvalue weighted by atomic mass is 32.1. The predicted octanol–water partition coefficient (Wildman–Crippen LogP) is 0.863. The smallest absolute Gasteiger partial charge is 0.254 e. The minimum atomic E-state index is -0.329. The lowest BCUT2D eigenvalue weighted by Crippen LogP contribution is -2.36. The number of amides is 1. The summed E-state index contributed by atoms with van der Waals surface area (Å²) in [6.07, 6.45) is 0.398. The van der Waals surface area contributed by atoms with Crippen molar-refractivity contribution in [2.45, 2.75) is 6.42 Å². The molecular formula is C13H18N2O4S. The second-order valence-electron chi connectivity index (χ2n) is 4.24. The molecule has 0 heterocycles. The van der Waals surface area contributed by atoms with E-state index in [2.05, 4.69) is 0 Å². The molecule has 0 spiro atoms. The van der Waals surface area contributed by atoms with Crippen molar-refractivity contribution in [2.24, 2.45) is 5.73 Å². The molecule has 0 aliphatic heterocycles. The lowest BCUT2D eigenvalue weighted by molar-refractivity contribution is 0.0700. The quantitative estimate of drug-likeness (QED) is 0.646. The normalized spacial score (nSPS) is 10.2. The summed E-state index contributed by atoms with van der Waals surface area (Å²) in [5.74, 6) is -0.673. The molecule has 0 saturated heterocycles. The van der Waals surface area contributed by atoms with Gasteiger partial charge in [-0.05, 0) is 12.1 Å². The third-order valence-corrected chi connectivity index (χ3v) is 2.83. The van der Waals surface area contributed by atoms with Crippen molar-refractivity contribution in [3.8, 4) is 11.5 Å². The van der Waals surface area contributed by atoms with Crippen LogP contribution in [-0.4, -0.2) is 52.8 Å². The van der Waals surface area contributed by atoms with Crippen LogP contribution in [-0.2, 0) is 4.74 Å². The van der Waals surface area contributed by atoms with Crippen LogP contribution in [0.2, 0.25) is 0 Å². The average Bonchev–Trinajstić information content (AvgIpc) is 2.36. The van der Waals surface area contributed by atoms with Gasteiger partial charge in [0.15, 0.2) is 0 Å². The molecule has 0 fully saturated rings. The lowest BCUT2D eigenvalue weighted by atomic mass is 10.1. The number of thiocarbonyl (C=S) groups is 1. The van der Waals surface area contributed by atoms with Crippen LogP contribution in [0.4, 0.5) is 0 Å². The topological polar surface area (TPSA) is 96.0 Å². The van der Waals surface area contributed by atoms with Crippen molar-refractivity contribution in [3.63, 3.8) is 0 Å². The summed E-state index contributed by atoms with van der Waals surface area (Å²) in [5, 5.41) is 18.8. The highest BCUT2D eigenvalue weighted by molar-refractivity contribution is 7.80. The molecule has 6 nitrogen and oxygen atoms in total. The molecule has 1 aromatic carbocycles. The third-order valence-electron chi connectivity index (χ3n) is 2.63. The Morgan fingerprint density at radius 1 is 1.30 bits per heavy atom. The van der Waals surface area contributed by atoms with E-state index < -0.39 is 0 Å². The largest absolute Gasteiger partial charge is 0.508 e. The molecule has 0 bridgehead atoms. The highest BCUT2D eigenvalue weighted by Gasteiger charge is 2.17. The van der Waals surface area contributed by atoms with Crippen molar-refractivity contribution < 1.29 is 19.7 Å². The number of hydrogen-bond donors (Lipinski definition) is 3. The number of carbonyl (C=O) groups excluding carboxylic acids is 1. The Morgan fingerprint density at radius 2 is 1.90 bits per heavy atom. The first-order valence-electron chi connectivity index (χ1n) is 6.03. The van der Waals surface area contributed by atoms with Crippen LogP contribution in [0.25, 0.3) is 0 Å². The van der Waals surface area contributed by atoms with Gasteiger partial charge >= 0.3 is 0 Å². The fourth-order valence-electron chi connectivity index (χ4n) is 1.66. The summed E-state index contributed by atoms with van der Waals surface area (Å²) >= 11 is 4.80. The van der Waals surface area contributed by atoms with Gasteiger partial charge in [0, 0.05) is 38.2 Å². The van der Waals surface area contributed by atoms with Gasteiger partial charge in [0.25, 0.3) is 5.91 Å². The first-order chi connectivity index (χ1) is 9.43. The van der Waals surface area contributed by atoms with Crippen molar-refractivity contribution in [1.29, 1.82) is 0 Å². The minimum Gasteiger partial charge on any atom is -0.508 e. The van der Waals surface area contributed by atoms with Crippen molar-refractivity contribution in [2.75, 3.05) is 26.8 Å². The first-order valence-corrected chi connectivity index (χ1v) is 6.44. The van der Waals surface area contributed by atoms with Crippen molar-refractivity contribution in [3.05, 3.63) is 23.8 Å². The van der Waals surface area contributed by atoms with Crippen LogP contribution >= 0.6 is 12.2 Å². The van der Waals surface area contributed by atoms with E-state index in [0.29, 0.717) is 31.1 Å². The molecule has 7 heteroatoms. The number of ether oxygens (including phenoxy) is 1. The molecule has 0 atom stereocenters. The zero-order chi connectivity index (χ0) is 15.1. The minimum absolute atomic E-state index is 0.172. The summed E-state index contributed by atoms with van der Waals surface area (Å²) in [6.45, 7) is 1.09. The fourth-order valence-corrected chi connectivity index (χ4v) is 1.75. The van der Waals surface area contributed by atoms with Gasteiger partial charge in [0.2, 0.25) is 0 Å². The Hall–Kier alpha value is -1.86. The van der Waals surface area contributed by atoms with Crippen molar-refractivity contribution >= 4 is 23.1 Å². The van der Waals surface area contributed by atoms with Crippen LogP contribution < -0.4 is 5.73 Å². The number of nitrogens with zero attached hydrogens (tertiary/aromatic N) is 1. The molecule has 0 aromatic heterocycles. The Balaban J connectivity index is 2.87. The number of carbonyl (C=O) groups is 1. The maximum absolute atomic E-state index is 12.3. The molecule has 4 N–H and O–H groups in total.